The van der Waals surface area contributed by atoms with E-state index in [9.17, 15) is 4.39 Å². The van der Waals surface area contributed by atoms with Crippen molar-refractivity contribution >= 4 is 11.6 Å². The zero-order valence-corrected chi connectivity index (χ0v) is 13.4. The summed E-state index contributed by atoms with van der Waals surface area (Å²) >= 11 is 5.82. The van der Waals surface area contributed by atoms with Gasteiger partial charge in [0.05, 0.1) is 6.04 Å². The zero-order chi connectivity index (χ0) is 15.4. The molecule has 2 aromatic carbocycles. The van der Waals surface area contributed by atoms with Crippen molar-refractivity contribution < 1.29 is 4.39 Å². The molecule has 0 heterocycles. The average Bonchev–Trinajstić information content (AvgIpc) is 2.50. The maximum Gasteiger partial charge on any atom is 0.129 e. The minimum absolute atomic E-state index is 0.173. The third kappa shape index (κ3) is 3.63. The molecule has 0 spiro atoms. The SMILES string of the molecule is CCC(C)c1ccc(C(NC)c2ccc(Cl)cc2F)cc1. The molecule has 0 aliphatic carbocycles. The Morgan fingerprint density at radius 3 is 2.24 bits per heavy atom. The standard InChI is InChI=1S/C18H21ClFN/c1-4-12(2)13-5-7-14(8-6-13)18(21-3)16-10-9-15(19)11-17(16)20/h5-12,18,21H,4H2,1-3H3. The van der Waals surface area contributed by atoms with Crippen LogP contribution in [0.4, 0.5) is 4.39 Å². The monoisotopic (exact) mass is 305 g/mol. The molecule has 1 nitrogen and oxygen atoms in total. The highest BCUT2D eigenvalue weighted by atomic mass is 35.5. The van der Waals surface area contributed by atoms with Gasteiger partial charge in [-0.25, -0.2) is 4.39 Å². The lowest BCUT2D eigenvalue weighted by Crippen LogP contribution is -2.19. The predicted molar refractivity (Wildman–Crippen MR) is 87.5 cm³/mol. The molecule has 1 N–H and O–H groups in total. The fourth-order valence-electron chi connectivity index (χ4n) is 2.49. The molecule has 0 aliphatic rings. The number of benzene rings is 2. The summed E-state index contributed by atoms with van der Waals surface area (Å²) in [6.07, 6.45) is 1.11. The van der Waals surface area contributed by atoms with Crippen LogP contribution in [0.1, 0.15) is 48.9 Å². The van der Waals surface area contributed by atoms with Crippen molar-refractivity contribution in [1.82, 2.24) is 5.32 Å². The van der Waals surface area contributed by atoms with Crippen molar-refractivity contribution in [2.45, 2.75) is 32.2 Å². The van der Waals surface area contributed by atoms with Crippen molar-refractivity contribution in [2.24, 2.45) is 0 Å². The first-order valence-corrected chi connectivity index (χ1v) is 7.66. The van der Waals surface area contributed by atoms with Gasteiger partial charge in [-0.3, -0.25) is 0 Å². The molecule has 21 heavy (non-hydrogen) atoms. The van der Waals surface area contributed by atoms with Crippen LogP contribution in [0.5, 0.6) is 0 Å². The normalized spacial score (nSPS) is 14.0. The Labute approximate surface area is 131 Å². The molecule has 0 aliphatic heterocycles. The minimum Gasteiger partial charge on any atom is -0.309 e. The summed E-state index contributed by atoms with van der Waals surface area (Å²) in [5.74, 6) is 0.257. The maximum absolute atomic E-state index is 14.1. The van der Waals surface area contributed by atoms with Crippen LogP contribution in [0.3, 0.4) is 0 Å². The van der Waals surface area contributed by atoms with Crippen molar-refractivity contribution in [2.75, 3.05) is 7.05 Å². The Bertz CT molecular complexity index is 595. The summed E-state index contributed by atoms with van der Waals surface area (Å²) in [5, 5.41) is 3.59. The van der Waals surface area contributed by atoms with Gasteiger partial charge in [0, 0.05) is 10.6 Å². The van der Waals surface area contributed by atoms with Gasteiger partial charge < -0.3 is 5.32 Å². The average molecular weight is 306 g/mol. The predicted octanol–water partition coefficient (Wildman–Crippen LogP) is 5.30. The quantitative estimate of drug-likeness (QED) is 0.790. The number of hydrogen-bond donors (Lipinski definition) is 1. The molecule has 0 saturated heterocycles. The van der Waals surface area contributed by atoms with Crippen LogP contribution >= 0.6 is 11.6 Å². The highest BCUT2D eigenvalue weighted by Gasteiger charge is 2.16. The summed E-state index contributed by atoms with van der Waals surface area (Å²) < 4.78 is 14.1. The molecule has 2 rings (SSSR count). The first-order valence-electron chi connectivity index (χ1n) is 7.28. The molecule has 112 valence electrons. The molecule has 0 aromatic heterocycles. The van der Waals surface area contributed by atoms with Crippen LogP contribution < -0.4 is 5.32 Å². The third-order valence-electron chi connectivity index (χ3n) is 4.01. The van der Waals surface area contributed by atoms with Crippen LogP contribution in [0, 0.1) is 5.82 Å². The first-order chi connectivity index (χ1) is 10.1. The molecule has 0 saturated carbocycles. The second kappa shape index (κ2) is 7.06. The number of nitrogens with one attached hydrogen (secondary N) is 1. The summed E-state index contributed by atoms with van der Waals surface area (Å²) in [7, 11) is 1.83. The van der Waals surface area contributed by atoms with E-state index in [-0.39, 0.29) is 11.9 Å². The Kier molecular flexibility index (Phi) is 5.38. The lowest BCUT2D eigenvalue weighted by Gasteiger charge is -2.19. The Morgan fingerprint density at radius 1 is 1.10 bits per heavy atom. The number of hydrogen-bond acceptors (Lipinski definition) is 1. The van der Waals surface area contributed by atoms with Crippen molar-refractivity contribution in [3.05, 3.63) is 70.0 Å². The van der Waals surface area contributed by atoms with Gasteiger partial charge in [0.2, 0.25) is 0 Å². The summed E-state index contributed by atoms with van der Waals surface area (Å²) in [6.45, 7) is 4.39. The molecule has 2 unspecified atom stereocenters. The summed E-state index contributed by atoms with van der Waals surface area (Å²) in [4.78, 5) is 0. The molecule has 0 bridgehead atoms. The van der Waals surface area contributed by atoms with E-state index in [4.69, 9.17) is 11.6 Å². The van der Waals surface area contributed by atoms with E-state index in [1.807, 2.05) is 7.05 Å². The molecular formula is C18H21ClFN. The van der Waals surface area contributed by atoms with E-state index in [1.165, 1.54) is 11.6 Å². The molecule has 0 amide bonds. The van der Waals surface area contributed by atoms with Crippen molar-refractivity contribution in [1.29, 1.82) is 0 Å². The Balaban J connectivity index is 2.33. The van der Waals surface area contributed by atoms with Crippen molar-refractivity contribution in [3.63, 3.8) is 0 Å². The highest BCUT2D eigenvalue weighted by Crippen LogP contribution is 2.28. The van der Waals surface area contributed by atoms with E-state index in [0.717, 1.165) is 12.0 Å². The number of halogens is 2. The molecule has 0 fully saturated rings. The second-order valence-corrected chi connectivity index (χ2v) is 5.80. The van der Waals surface area contributed by atoms with Crippen LogP contribution in [0.2, 0.25) is 5.02 Å². The van der Waals surface area contributed by atoms with Gasteiger partial charge in [0.15, 0.2) is 0 Å². The second-order valence-electron chi connectivity index (χ2n) is 5.36. The largest absolute Gasteiger partial charge is 0.309 e. The van der Waals surface area contributed by atoms with E-state index in [1.54, 1.807) is 12.1 Å². The molecule has 0 radical (unpaired) electrons. The third-order valence-corrected chi connectivity index (χ3v) is 4.25. The minimum atomic E-state index is -0.284. The Morgan fingerprint density at radius 2 is 1.71 bits per heavy atom. The van der Waals surface area contributed by atoms with Crippen LogP contribution in [-0.2, 0) is 0 Å². The lowest BCUT2D eigenvalue weighted by atomic mass is 9.93. The smallest absolute Gasteiger partial charge is 0.129 e. The summed E-state index contributed by atoms with van der Waals surface area (Å²) in [6, 6.07) is 13.0. The van der Waals surface area contributed by atoms with Gasteiger partial charge in [0.25, 0.3) is 0 Å². The van der Waals surface area contributed by atoms with Gasteiger partial charge in [0.1, 0.15) is 5.82 Å². The molecule has 3 heteroatoms. The topological polar surface area (TPSA) is 12.0 Å². The molecule has 2 aromatic rings. The van der Waals surface area contributed by atoms with Crippen molar-refractivity contribution in [3.8, 4) is 0 Å². The van der Waals surface area contributed by atoms with E-state index < -0.39 is 0 Å². The maximum atomic E-state index is 14.1. The fraction of sp³-hybridized carbons (Fsp3) is 0.333. The van der Waals surface area contributed by atoms with Gasteiger partial charge in [-0.15, -0.1) is 0 Å². The number of rotatable bonds is 5. The van der Waals surface area contributed by atoms with Crippen LogP contribution in [0.25, 0.3) is 0 Å². The van der Waals surface area contributed by atoms with Gasteiger partial charge in [-0.2, -0.15) is 0 Å². The van der Waals surface area contributed by atoms with Gasteiger partial charge >= 0.3 is 0 Å². The Hall–Kier alpha value is -1.38. The van der Waals surface area contributed by atoms with E-state index in [2.05, 4.69) is 43.4 Å². The summed E-state index contributed by atoms with van der Waals surface area (Å²) in [5.41, 5.74) is 2.97. The van der Waals surface area contributed by atoms with Crippen LogP contribution in [-0.4, -0.2) is 7.05 Å². The van der Waals surface area contributed by atoms with E-state index >= 15 is 0 Å². The molecular weight excluding hydrogens is 285 g/mol. The van der Waals surface area contributed by atoms with Gasteiger partial charge in [-0.1, -0.05) is 55.8 Å². The highest BCUT2D eigenvalue weighted by molar-refractivity contribution is 6.30. The first kappa shape index (κ1) is 16.0. The van der Waals surface area contributed by atoms with Crippen LogP contribution in [0.15, 0.2) is 42.5 Å². The molecule has 2 atom stereocenters. The van der Waals surface area contributed by atoms with Gasteiger partial charge in [-0.05, 0) is 42.6 Å². The zero-order valence-electron chi connectivity index (χ0n) is 12.7. The van der Waals surface area contributed by atoms with E-state index in [0.29, 0.717) is 16.5 Å². The fourth-order valence-corrected chi connectivity index (χ4v) is 2.65. The lowest BCUT2D eigenvalue weighted by molar-refractivity contribution is 0.576.